The Bertz CT molecular complexity index is 416. The van der Waals surface area contributed by atoms with Crippen molar-refractivity contribution < 1.29 is 19.1 Å². The number of carbonyl (C=O) groups is 3. The average Bonchev–Trinajstić information content (AvgIpc) is 2.83. The maximum atomic E-state index is 11.9. The molecule has 0 aromatic rings. The molecule has 7 nitrogen and oxygen atoms in total. The van der Waals surface area contributed by atoms with Gasteiger partial charge in [0.15, 0.2) is 0 Å². The number of hydrogen-bond acceptors (Lipinski definition) is 5. The van der Waals surface area contributed by atoms with E-state index in [1.807, 2.05) is 6.07 Å². The van der Waals surface area contributed by atoms with Crippen molar-refractivity contribution in [3.8, 4) is 6.07 Å². The second-order valence-electron chi connectivity index (χ2n) is 4.51. The molecule has 0 radical (unpaired) electrons. The van der Waals surface area contributed by atoms with Crippen LogP contribution in [0.1, 0.15) is 26.2 Å². The van der Waals surface area contributed by atoms with Gasteiger partial charge in [-0.25, -0.2) is 4.79 Å². The molecule has 1 heterocycles. The van der Waals surface area contributed by atoms with Gasteiger partial charge in [-0.1, -0.05) is 0 Å². The van der Waals surface area contributed by atoms with Gasteiger partial charge < -0.3 is 15.4 Å². The van der Waals surface area contributed by atoms with Crippen LogP contribution in [0.15, 0.2) is 0 Å². The third-order valence-corrected chi connectivity index (χ3v) is 2.92. The normalized spacial score (nSPS) is 20.9. The van der Waals surface area contributed by atoms with E-state index in [9.17, 15) is 14.4 Å². The number of nitriles is 1. The van der Waals surface area contributed by atoms with Crippen LogP contribution < -0.4 is 10.6 Å². The second-order valence-corrected chi connectivity index (χ2v) is 4.51. The lowest BCUT2D eigenvalue weighted by molar-refractivity contribution is -0.145. The Hall–Kier alpha value is -2.10. The zero-order valence-electron chi connectivity index (χ0n) is 10.9. The highest BCUT2D eigenvalue weighted by atomic mass is 16.5. The highest BCUT2D eigenvalue weighted by molar-refractivity contribution is 5.93. The molecule has 3 atom stereocenters. The lowest BCUT2D eigenvalue weighted by Crippen LogP contribution is -2.49. The van der Waals surface area contributed by atoms with E-state index < -0.39 is 24.0 Å². The Balaban J connectivity index is 2.61. The first kappa shape index (κ1) is 15.0. The number of nitrogens with zero attached hydrogens (tertiary/aromatic N) is 1. The van der Waals surface area contributed by atoms with Crippen molar-refractivity contribution in [1.29, 1.82) is 5.26 Å². The van der Waals surface area contributed by atoms with E-state index >= 15 is 0 Å². The first-order valence-corrected chi connectivity index (χ1v) is 6.05. The molecule has 1 saturated heterocycles. The smallest absolute Gasteiger partial charge is 0.328 e. The number of hydrogen-bond donors (Lipinski definition) is 2. The molecule has 0 bridgehead atoms. The summed E-state index contributed by atoms with van der Waals surface area (Å²) in [5.41, 5.74) is 0. The molecule has 0 aromatic heterocycles. The lowest BCUT2D eigenvalue weighted by Gasteiger charge is -2.19. The standard InChI is InChI=1S/C12H17N3O4/c1-7(6-13)5-9(12(18)19-2)15-11(17)8-3-4-10(16)14-8/h7-9H,3-5H2,1-2H3,(H,14,16)(H,15,17)/t7-,8-,9-/m0/s1. The van der Waals surface area contributed by atoms with E-state index in [0.29, 0.717) is 12.8 Å². The molecular weight excluding hydrogens is 250 g/mol. The number of rotatable bonds is 5. The molecule has 0 unspecified atom stereocenters. The van der Waals surface area contributed by atoms with Crippen LogP contribution in [0.3, 0.4) is 0 Å². The molecule has 7 heteroatoms. The molecule has 0 aromatic carbocycles. The zero-order chi connectivity index (χ0) is 14.4. The Kier molecular flexibility index (Phi) is 5.30. The topological polar surface area (TPSA) is 108 Å². The third kappa shape index (κ3) is 4.25. The van der Waals surface area contributed by atoms with Gasteiger partial charge in [0.1, 0.15) is 12.1 Å². The molecule has 0 aliphatic carbocycles. The van der Waals surface area contributed by atoms with Gasteiger partial charge in [0.05, 0.1) is 13.2 Å². The Morgan fingerprint density at radius 3 is 2.79 bits per heavy atom. The van der Waals surface area contributed by atoms with Crippen LogP contribution in [0.25, 0.3) is 0 Å². The van der Waals surface area contributed by atoms with Crippen molar-refractivity contribution in [3.63, 3.8) is 0 Å². The number of carbonyl (C=O) groups excluding carboxylic acids is 3. The molecule has 1 aliphatic heterocycles. The highest BCUT2D eigenvalue weighted by Crippen LogP contribution is 2.10. The van der Waals surface area contributed by atoms with E-state index in [4.69, 9.17) is 5.26 Å². The summed E-state index contributed by atoms with van der Waals surface area (Å²) in [4.78, 5) is 34.5. The predicted octanol–water partition coefficient (Wildman–Crippen LogP) is -0.527. The van der Waals surface area contributed by atoms with Crippen LogP contribution in [-0.2, 0) is 19.1 Å². The maximum Gasteiger partial charge on any atom is 0.328 e. The molecule has 0 spiro atoms. The number of methoxy groups -OCH3 is 1. The molecule has 2 N–H and O–H groups in total. The van der Waals surface area contributed by atoms with Gasteiger partial charge in [-0.2, -0.15) is 5.26 Å². The minimum Gasteiger partial charge on any atom is -0.467 e. The van der Waals surface area contributed by atoms with Crippen molar-refractivity contribution in [2.24, 2.45) is 5.92 Å². The Morgan fingerprint density at radius 2 is 2.32 bits per heavy atom. The predicted molar refractivity (Wildman–Crippen MR) is 64.5 cm³/mol. The van der Waals surface area contributed by atoms with Crippen molar-refractivity contribution in [3.05, 3.63) is 0 Å². The van der Waals surface area contributed by atoms with E-state index in [2.05, 4.69) is 15.4 Å². The van der Waals surface area contributed by atoms with Gasteiger partial charge in [-0.05, 0) is 19.8 Å². The van der Waals surface area contributed by atoms with Crippen LogP contribution in [0.4, 0.5) is 0 Å². The fourth-order valence-corrected chi connectivity index (χ4v) is 1.85. The maximum absolute atomic E-state index is 11.9. The SMILES string of the molecule is COC(=O)[C@H](C[C@H](C)C#N)NC(=O)[C@@H]1CCC(=O)N1. The summed E-state index contributed by atoms with van der Waals surface area (Å²) in [5.74, 6) is -1.59. The molecule has 1 fully saturated rings. The van der Waals surface area contributed by atoms with Crippen molar-refractivity contribution in [1.82, 2.24) is 10.6 Å². The molecule has 2 amide bonds. The summed E-state index contributed by atoms with van der Waals surface area (Å²) in [6.45, 7) is 1.65. The third-order valence-electron chi connectivity index (χ3n) is 2.92. The highest BCUT2D eigenvalue weighted by Gasteiger charge is 2.31. The largest absolute Gasteiger partial charge is 0.467 e. The number of amides is 2. The van der Waals surface area contributed by atoms with Gasteiger partial charge in [-0.3, -0.25) is 9.59 Å². The minimum absolute atomic E-state index is 0.176. The summed E-state index contributed by atoms with van der Waals surface area (Å²) in [7, 11) is 1.22. The summed E-state index contributed by atoms with van der Waals surface area (Å²) in [5, 5.41) is 13.8. The first-order chi connectivity index (χ1) is 8.97. The Labute approximate surface area is 111 Å². The monoisotopic (exact) mass is 267 g/mol. The van der Waals surface area contributed by atoms with E-state index in [1.54, 1.807) is 6.92 Å². The van der Waals surface area contributed by atoms with Crippen LogP contribution in [0, 0.1) is 17.2 Å². The zero-order valence-corrected chi connectivity index (χ0v) is 10.9. The average molecular weight is 267 g/mol. The second kappa shape index (κ2) is 6.73. The summed E-state index contributed by atoms with van der Waals surface area (Å²) in [6, 6.07) is 0.511. The lowest BCUT2D eigenvalue weighted by atomic mass is 10.0. The molecule has 104 valence electrons. The quantitative estimate of drug-likeness (QED) is 0.651. The van der Waals surface area contributed by atoms with Gasteiger partial charge in [0.25, 0.3) is 0 Å². The summed E-state index contributed by atoms with van der Waals surface area (Å²) >= 11 is 0. The number of esters is 1. The van der Waals surface area contributed by atoms with E-state index in [1.165, 1.54) is 7.11 Å². The van der Waals surface area contributed by atoms with Crippen molar-refractivity contribution in [2.75, 3.05) is 7.11 Å². The summed E-state index contributed by atoms with van der Waals surface area (Å²) in [6.07, 6.45) is 0.886. The number of nitrogens with one attached hydrogen (secondary N) is 2. The van der Waals surface area contributed by atoms with Gasteiger partial charge in [0, 0.05) is 12.3 Å². The van der Waals surface area contributed by atoms with Crippen molar-refractivity contribution >= 4 is 17.8 Å². The van der Waals surface area contributed by atoms with Gasteiger partial charge in [-0.15, -0.1) is 0 Å². The fourth-order valence-electron chi connectivity index (χ4n) is 1.85. The minimum atomic E-state index is -0.871. The van der Waals surface area contributed by atoms with Crippen LogP contribution >= 0.6 is 0 Å². The number of ether oxygens (including phenoxy) is 1. The van der Waals surface area contributed by atoms with Crippen LogP contribution in [0.2, 0.25) is 0 Å². The van der Waals surface area contributed by atoms with E-state index in [-0.39, 0.29) is 18.2 Å². The van der Waals surface area contributed by atoms with Gasteiger partial charge >= 0.3 is 5.97 Å². The molecule has 19 heavy (non-hydrogen) atoms. The fraction of sp³-hybridized carbons (Fsp3) is 0.667. The Morgan fingerprint density at radius 1 is 1.63 bits per heavy atom. The molecule has 1 rings (SSSR count). The van der Waals surface area contributed by atoms with Crippen molar-refractivity contribution in [2.45, 2.75) is 38.3 Å². The molecule has 1 aliphatic rings. The molecule has 0 saturated carbocycles. The first-order valence-electron chi connectivity index (χ1n) is 6.05. The van der Waals surface area contributed by atoms with Gasteiger partial charge in [0.2, 0.25) is 11.8 Å². The van der Waals surface area contributed by atoms with E-state index in [0.717, 1.165) is 0 Å². The molecular formula is C12H17N3O4. The summed E-state index contributed by atoms with van der Waals surface area (Å²) < 4.78 is 4.59. The van der Waals surface area contributed by atoms with Crippen LogP contribution in [0.5, 0.6) is 0 Å². The van der Waals surface area contributed by atoms with Crippen LogP contribution in [-0.4, -0.2) is 37.0 Å².